The molecule has 0 aliphatic carbocycles. The minimum absolute atomic E-state index is 0.0730. The quantitative estimate of drug-likeness (QED) is 0.327. The summed E-state index contributed by atoms with van der Waals surface area (Å²) in [7, 11) is 0. The smallest absolute Gasteiger partial charge is 0.253 e. The van der Waals surface area contributed by atoms with E-state index in [1.807, 2.05) is 16.8 Å². The van der Waals surface area contributed by atoms with Crippen molar-refractivity contribution < 1.29 is 9.47 Å². The number of H-pyrrole nitrogens is 1. The fourth-order valence-corrected chi connectivity index (χ4v) is 6.36. The van der Waals surface area contributed by atoms with Crippen molar-refractivity contribution in [1.29, 1.82) is 0 Å². The Bertz CT molecular complexity index is 1410. The molecule has 0 radical (unpaired) electrons. The van der Waals surface area contributed by atoms with Crippen molar-refractivity contribution >= 4 is 22.2 Å². The monoisotopic (exact) mass is 534 g/mol. The van der Waals surface area contributed by atoms with Gasteiger partial charge in [-0.2, -0.15) is 0 Å². The van der Waals surface area contributed by atoms with E-state index in [1.54, 1.807) is 11.3 Å². The Kier molecular flexibility index (Phi) is 7.64. The number of nitrogens with one attached hydrogen (secondary N) is 1. The van der Waals surface area contributed by atoms with Crippen LogP contribution < -0.4 is 5.56 Å². The summed E-state index contributed by atoms with van der Waals surface area (Å²) >= 11 is 1.71. The predicted octanol–water partition coefficient (Wildman–Crippen LogP) is 4.09. The third-order valence-electron chi connectivity index (χ3n) is 7.61. The highest BCUT2D eigenvalue weighted by Gasteiger charge is 2.34. The molecule has 0 saturated carbocycles. The zero-order chi connectivity index (χ0) is 25.9. The van der Waals surface area contributed by atoms with E-state index in [-0.39, 0.29) is 17.8 Å². The van der Waals surface area contributed by atoms with Gasteiger partial charge in [-0.1, -0.05) is 19.1 Å². The lowest BCUT2D eigenvalue weighted by Crippen LogP contribution is -2.39. The van der Waals surface area contributed by atoms with Gasteiger partial charge in [0.2, 0.25) is 0 Å². The molecule has 2 aliphatic rings. The number of ether oxygens (including phenoxy) is 2. The second kappa shape index (κ2) is 11.4. The van der Waals surface area contributed by atoms with Crippen molar-refractivity contribution in [3.05, 3.63) is 74.0 Å². The fourth-order valence-electron chi connectivity index (χ4n) is 5.63. The Labute approximate surface area is 225 Å². The molecule has 9 nitrogen and oxygen atoms in total. The molecule has 10 heteroatoms. The normalized spacial score (nSPS) is 20.6. The fraction of sp³-hybridized carbons (Fsp3) is 0.500. The van der Waals surface area contributed by atoms with Crippen LogP contribution in [0.4, 0.5) is 0 Å². The molecule has 3 atom stereocenters. The van der Waals surface area contributed by atoms with Crippen molar-refractivity contribution in [1.82, 2.24) is 30.1 Å². The summed E-state index contributed by atoms with van der Waals surface area (Å²) in [6.07, 6.45) is 5.18. The standard InChI is InChI=1S/C28H34N6O3S/c1-2-19-9-10-25-20(14-19)15-24(28(35)29-25)26(27-30-31-32-34(27)17-22-7-4-12-37-22)33(16-21-6-3-11-36-21)18-23-8-5-13-38-23/h5,8-10,13-15,21-22,26H,2-4,6-7,11-12,16-18H2,1H3,(H,29,35)/t21-,22+,26+/m0/s1. The number of nitrogens with zero attached hydrogens (tertiary/aromatic N) is 5. The van der Waals surface area contributed by atoms with Gasteiger partial charge in [0.15, 0.2) is 5.82 Å². The summed E-state index contributed by atoms with van der Waals surface area (Å²) in [5, 5.41) is 16.1. The summed E-state index contributed by atoms with van der Waals surface area (Å²) in [6.45, 7) is 5.59. The van der Waals surface area contributed by atoms with Crippen molar-refractivity contribution in [2.24, 2.45) is 0 Å². The second-order valence-corrected chi connectivity index (χ2v) is 11.3. The maximum Gasteiger partial charge on any atom is 0.253 e. The maximum atomic E-state index is 13.7. The van der Waals surface area contributed by atoms with E-state index >= 15 is 0 Å². The minimum Gasteiger partial charge on any atom is -0.377 e. The van der Waals surface area contributed by atoms with Gasteiger partial charge in [-0.25, -0.2) is 4.68 Å². The Hall–Kier alpha value is -2.92. The zero-order valence-corrected chi connectivity index (χ0v) is 22.5. The van der Waals surface area contributed by atoms with Crippen LogP contribution >= 0.6 is 11.3 Å². The molecular weight excluding hydrogens is 500 g/mol. The Morgan fingerprint density at radius 3 is 2.74 bits per heavy atom. The van der Waals surface area contributed by atoms with Crippen LogP contribution in [-0.4, -0.2) is 62.1 Å². The molecule has 2 fully saturated rings. The van der Waals surface area contributed by atoms with E-state index in [2.05, 4.69) is 62.0 Å². The van der Waals surface area contributed by atoms with Crippen LogP contribution in [0.1, 0.15) is 60.5 Å². The lowest BCUT2D eigenvalue weighted by atomic mass is 10.0. The highest BCUT2D eigenvalue weighted by atomic mass is 32.1. The molecule has 200 valence electrons. The Morgan fingerprint density at radius 2 is 2.00 bits per heavy atom. The minimum atomic E-state index is -0.448. The number of aromatic amines is 1. The van der Waals surface area contributed by atoms with Gasteiger partial charge in [0, 0.05) is 42.3 Å². The van der Waals surface area contributed by atoms with E-state index < -0.39 is 6.04 Å². The largest absolute Gasteiger partial charge is 0.377 e. The average Bonchev–Trinajstić information content (AvgIpc) is 3.74. The van der Waals surface area contributed by atoms with Gasteiger partial charge in [0.25, 0.3) is 5.56 Å². The molecule has 2 aliphatic heterocycles. The first-order valence-corrected chi connectivity index (χ1v) is 14.5. The molecule has 0 unspecified atom stereocenters. The Balaban J connectivity index is 1.47. The van der Waals surface area contributed by atoms with Crippen LogP contribution in [0.15, 0.2) is 46.6 Å². The van der Waals surface area contributed by atoms with Gasteiger partial charge in [-0.3, -0.25) is 9.69 Å². The van der Waals surface area contributed by atoms with Gasteiger partial charge < -0.3 is 14.5 Å². The van der Waals surface area contributed by atoms with E-state index in [1.165, 1.54) is 10.4 Å². The first kappa shape index (κ1) is 25.4. The van der Waals surface area contributed by atoms with E-state index in [0.29, 0.717) is 31.0 Å². The van der Waals surface area contributed by atoms with Crippen LogP contribution in [0, 0.1) is 0 Å². The van der Waals surface area contributed by atoms with Crippen LogP contribution in [0.2, 0.25) is 0 Å². The molecule has 5 heterocycles. The first-order chi connectivity index (χ1) is 18.7. The van der Waals surface area contributed by atoms with Gasteiger partial charge in [0.1, 0.15) is 6.04 Å². The highest BCUT2D eigenvalue weighted by Crippen LogP contribution is 2.31. The van der Waals surface area contributed by atoms with Crippen molar-refractivity contribution in [3.63, 3.8) is 0 Å². The molecule has 2 saturated heterocycles. The van der Waals surface area contributed by atoms with Gasteiger partial charge in [-0.05, 0) is 83.1 Å². The number of tetrazole rings is 1. The van der Waals surface area contributed by atoms with Crippen LogP contribution in [0.5, 0.6) is 0 Å². The van der Waals surface area contributed by atoms with E-state index in [4.69, 9.17) is 9.47 Å². The molecule has 38 heavy (non-hydrogen) atoms. The predicted molar refractivity (Wildman–Crippen MR) is 146 cm³/mol. The number of hydrogen-bond acceptors (Lipinski definition) is 8. The number of pyridine rings is 1. The number of benzene rings is 1. The number of aryl methyl sites for hydroxylation is 1. The number of thiophene rings is 1. The lowest BCUT2D eigenvalue weighted by molar-refractivity contribution is 0.0559. The van der Waals surface area contributed by atoms with Crippen molar-refractivity contribution in [2.45, 2.75) is 70.4 Å². The molecule has 1 N–H and O–H groups in total. The number of aromatic nitrogens is 5. The third-order valence-corrected chi connectivity index (χ3v) is 8.47. The molecular formula is C28H34N6O3S. The van der Waals surface area contributed by atoms with Crippen molar-refractivity contribution in [2.75, 3.05) is 19.8 Å². The molecule has 3 aromatic heterocycles. The van der Waals surface area contributed by atoms with E-state index in [9.17, 15) is 4.79 Å². The van der Waals surface area contributed by atoms with Crippen LogP contribution in [-0.2, 0) is 29.0 Å². The van der Waals surface area contributed by atoms with E-state index in [0.717, 1.165) is 56.2 Å². The highest BCUT2D eigenvalue weighted by molar-refractivity contribution is 7.09. The lowest BCUT2D eigenvalue weighted by Gasteiger charge is -2.32. The molecule has 4 aromatic rings. The van der Waals surface area contributed by atoms with Crippen LogP contribution in [0.3, 0.4) is 0 Å². The van der Waals surface area contributed by atoms with Gasteiger partial charge in [-0.15, -0.1) is 16.4 Å². The Morgan fingerprint density at radius 1 is 1.16 bits per heavy atom. The topological polar surface area (TPSA) is 98.2 Å². The first-order valence-electron chi connectivity index (χ1n) is 13.6. The SMILES string of the molecule is CCc1ccc2[nH]c(=O)c([C@H](c3nnnn3C[C@H]3CCCO3)N(Cc3cccs3)C[C@@H]3CCCO3)cc2c1. The van der Waals surface area contributed by atoms with Gasteiger partial charge >= 0.3 is 0 Å². The summed E-state index contributed by atoms with van der Waals surface area (Å²) < 4.78 is 13.8. The van der Waals surface area contributed by atoms with Crippen molar-refractivity contribution in [3.8, 4) is 0 Å². The average molecular weight is 535 g/mol. The summed E-state index contributed by atoms with van der Waals surface area (Å²) in [4.78, 5) is 20.4. The molecule has 1 aromatic carbocycles. The molecule has 0 amide bonds. The molecule has 0 spiro atoms. The number of hydrogen-bond donors (Lipinski definition) is 1. The molecule has 0 bridgehead atoms. The summed E-state index contributed by atoms with van der Waals surface area (Å²) in [6, 6.07) is 12.0. The zero-order valence-electron chi connectivity index (χ0n) is 21.7. The summed E-state index contributed by atoms with van der Waals surface area (Å²) in [5.74, 6) is 0.659. The summed E-state index contributed by atoms with van der Waals surface area (Å²) in [5.41, 5.74) is 2.58. The number of rotatable bonds is 10. The van der Waals surface area contributed by atoms with Crippen LogP contribution in [0.25, 0.3) is 10.9 Å². The maximum absolute atomic E-state index is 13.7. The molecule has 6 rings (SSSR count). The third kappa shape index (κ3) is 5.44. The number of fused-ring (bicyclic) bond motifs is 1. The second-order valence-electron chi connectivity index (χ2n) is 10.2. The van der Waals surface area contributed by atoms with Gasteiger partial charge in [0.05, 0.1) is 18.8 Å².